The van der Waals surface area contributed by atoms with Crippen LogP contribution < -0.4 is 0 Å². The van der Waals surface area contributed by atoms with Gasteiger partial charge in [-0.05, 0) is 31.2 Å². The zero-order chi connectivity index (χ0) is 20.9. The van der Waals surface area contributed by atoms with Gasteiger partial charge in [0.1, 0.15) is 11.6 Å². The number of hydrogen-bond acceptors (Lipinski definition) is 3. The van der Waals surface area contributed by atoms with E-state index in [1.807, 2.05) is 0 Å². The third kappa shape index (κ3) is 3.28. The van der Waals surface area contributed by atoms with Crippen LogP contribution >= 0.6 is 0 Å². The molecule has 0 aliphatic heterocycles. The molecule has 0 fully saturated rings. The first kappa shape index (κ1) is 18.9. The standard InChI is InChI=1S/C20H12F5N3O/c1-10-18(14-7-6-13(21)8-15(14)22)19-26-16(9-17(29)28(19)27-10)11-2-4-12(5-3-11)20(23,24)25/h2-9,29H,1H3. The van der Waals surface area contributed by atoms with E-state index in [1.54, 1.807) is 6.92 Å². The number of nitrogens with zero attached hydrogens (tertiary/aromatic N) is 3. The van der Waals surface area contributed by atoms with Gasteiger partial charge in [0.2, 0.25) is 5.88 Å². The highest BCUT2D eigenvalue weighted by Gasteiger charge is 2.30. The van der Waals surface area contributed by atoms with Crippen LogP contribution in [0, 0.1) is 18.6 Å². The minimum Gasteiger partial charge on any atom is -0.493 e. The molecule has 0 saturated heterocycles. The van der Waals surface area contributed by atoms with Crippen LogP contribution in [0.25, 0.3) is 28.0 Å². The Kier molecular flexibility index (Phi) is 4.25. The first-order valence-corrected chi connectivity index (χ1v) is 8.37. The Hall–Kier alpha value is -3.49. The molecule has 9 heteroatoms. The highest BCUT2D eigenvalue weighted by atomic mass is 19.4. The van der Waals surface area contributed by atoms with E-state index >= 15 is 0 Å². The monoisotopic (exact) mass is 405 g/mol. The number of benzene rings is 2. The van der Waals surface area contributed by atoms with Crippen LogP contribution in [0.3, 0.4) is 0 Å². The Morgan fingerprint density at radius 1 is 0.966 bits per heavy atom. The number of halogens is 5. The van der Waals surface area contributed by atoms with Crippen LogP contribution in [0.15, 0.2) is 48.5 Å². The van der Waals surface area contributed by atoms with Crippen molar-refractivity contribution in [1.82, 2.24) is 14.6 Å². The lowest BCUT2D eigenvalue weighted by atomic mass is 10.0. The summed E-state index contributed by atoms with van der Waals surface area (Å²) in [5.74, 6) is -1.91. The fourth-order valence-corrected chi connectivity index (χ4v) is 3.09. The molecule has 148 valence electrons. The van der Waals surface area contributed by atoms with Crippen molar-refractivity contribution in [3.8, 4) is 28.3 Å². The van der Waals surface area contributed by atoms with Gasteiger partial charge in [-0.1, -0.05) is 12.1 Å². The molecule has 2 aromatic carbocycles. The van der Waals surface area contributed by atoms with Crippen LogP contribution in [-0.4, -0.2) is 19.7 Å². The number of rotatable bonds is 2. The molecule has 0 saturated carbocycles. The van der Waals surface area contributed by atoms with E-state index in [4.69, 9.17) is 0 Å². The van der Waals surface area contributed by atoms with Gasteiger partial charge in [0.25, 0.3) is 0 Å². The molecular formula is C20H12F5N3O. The minimum atomic E-state index is -4.48. The normalized spacial score (nSPS) is 11.9. The summed E-state index contributed by atoms with van der Waals surface area (Å²) < 4.78 is 67.0. The molecule has 1 N–H and O–H groups in total. The molecule has 0 unspecified atom stereocenters. The van der Waals surface area contributed by atoms with E-state index in [1.165, 1.54) is 24.3 Å². The maximum Gasteiger partial charge on any atom is 0.416 e. The summed E-state index contributed by atoms with van der Waals surface area (Å²) in [5, 5.41) is 14.5. The van der Waals surface area contributed by atoms with Crippen LogP contribution in [0.2, 0.25) is 0 Å². The number of alkyl halides is 3. The lowest BCUT2D eigenvalue weighted by molar-refractivity contribution is -0.137. The predicted octanol–water partition coefficient (Wildman–Crippen LogP) is 5.37. The molecular weight excluding hydrogens is 393 g/mol. The second kappa shape index (κ2) is 6.54. The summed E-state index contributed by atoms with van der Waals surface area (Å²) in [6, 6.07) is 8.54. The molecule has 2 aromatic heterocycles. The summed E-state index contributed by atoms with van der Waals surface area (Å²) in [4.78, 5) is 4.36. The average molecular weight is 405 g/mol. The van der Waals surface area contributed by atoms with Crippen molar-refractivity contribution in [2.24, 2.45) is 0 Å². The zero-order valence-corrected chi connectivity index (χ0v) is 14.8. The minimum absolute atomic E-state index is 0.0374. The SMILES string of the molecule is Cc1nn2c(O)cc(-c3ccc(C(F)(F)F)cc3)nc2c1-c1ccc(F)cc1F. The van der Waals surface area contributed by atoms with Crippen LogP contribution in [0.4, 0.5) is 22.0 Å². The van der Waals surface area contributed by atoms with Gasteiger partial charge in [-0.2, -0.15) is 22.8 Å². The molecule has 0 amide bonds. The molecule has 0 aliphatic carbocycles. The number of fused-ring (bicyclic) bond motifs is 1. The summed E-state index contributed by atoms with van der Waals surface area (Å²) >= 11 is 0. The van der Waals surface area contributed by atoms with Crippen molar-refractivity contribution < 1.29 is 27.1 Å². The molecule has 0 spiro atoms. The molecule has 4 nitrogen and oxygen atoms in total. The quantitative estimate of drug-likeness (QED) is 0.456. The van der Waals surface area contributed by atoms with Crippen molar-refractivity contribution in [2.75, 3.05) is 0 Å². The Morgan fingerprint density at radius 3 is 2.28 bits per heavy atom. The van der Waals surface area contributed by atoms with Gasteiger partial charge in [-0.25, -0.2) is 13.8 Å². The van der Waals surface area contributed by atoms with E-state index in [-0.39, 0.29) is 28.3 Å². The maximum atomic E-state index is 14.3. The summed E-state index contributed by atoms with van der Waals surface area (Å²) in [6.07, 6.45) is -4.48. The van der Waals surface area contributed by atoms with Gasteiger partial charge in [-0.15, -0.1) is 0 Å². The molecule has 29 heavy (non-hydrogen) atoms. The molecule has 0 aliphatic rings. The van der Waals surface area contributed by atoms with Crippen LogP contribution in [-0.2, 0) is 6.18 Å². The third-order valence-electron chi connectivity index (χ3n) is 4.45. The Bertz CT molecular complexity index is 1230. The first-order valence-electron chi connectivity index (χ1n) is 8.37. The summed E-state index contributed by atoms with van der Waals surface area (Å²) in [7, 11) is 0. The lowest BCUT2D eigenvalue weighted by Crippen LogP contribution is -2.04. The van der Waals surface area contributed by atoms with E-state index < -0.39 is 23.4 Å². The van der Waals surface area contributed by atoms with Crippen molar-refractivity contribution in [3.63, 3.8) is 0 Å². The highest BCUT2D eigenvalue weighted by Crippen LogP contribution is 2.34. The van der Waals surface area contributed by atoms with E-state index in [9.17, 15) is 27.1 Å². The second-order valence-corrected chi connectivity index (χ2v) is 6.39. The molecule has 4 rings (SSSR count). The third-order valence-corrected chi connectivity index (χ3v) is 4.45. The van der Waals surface area contributed by atoms with Gasteiger partial charge in [0.05, 0.1) is 22.5 Å². The number of aromatic hydroxyl groups is 1. The predicted molar refractivity (Wildman–Crippen MR) is 95.2 cm³/mol. The van der Waals surface area contributed by atoms with Gasteiger partial charge in [0.15, 0.2) is 5.65 Å². The number of aryl methyl sites for hydroxylation is 1. The zero-order valence-electron chi connectivity index (χ0n) is 14.8. The highest BCUT2D eigenvalue weighted by molar-refractivity contribution is 5.82. The molecule has 0 bridgehead atoms. The smallest absolute Gasteiger partial charge is 0.416 e. The van der Waals surface area contributed by atoms with Crippen molar-refractivity contribution in [3.05, 3.63) is 71.4 Å². The lowest BCUT2D eigenvalue weighted by Gasteiger charge is -2.09. The van der Waals surface area contributed by atoms with E-state index in [0.717, 1.165) is 28.8 Å². The topological polar surface area (TPSA) is 50.4 Å². The fraction of sp³-hybridized carbons (Fsp3) is 0.100. The van der Waals surface area contributed by atoms with Gasteiger partial charge in [0, 0.05) is 23.3 Å². The molecule has 0 radical (unpaired) electrons. The summed E-state index contributed by atoms with van der Waals surface area (Å²) in [6.45, 7) is 1.57. The second-order valence-electron chi connectivity index (χ2n) is 6.39. The molecule has 0 atom stereocenters. The summed E-state index contributed by atoms with van der Waals surface area (Å²) in [5.41, 5.74) is 0.376. The van der Waals surface area contributed by atoms with Gasteiger partial charge < -0.3 is 5.11 Å². The van der Waals surface area contributed by atoms with Crippen molar-refractivity contribution in [2.45, 2.75) is 13.1 Å². The maximum absolute atomic E-state index is 14.3. The van der Waals surface area contributed by atoms with Crippen molar-refractivity contribution in [1.29, 1.82) is 0 Å². The number of hydrogen-bond donors (Lipinski definition) is 1. The van der Waals surface area contributed by atoms with Gasteiger partial charge >= 0.3 is 6.18 Å². The molecule has 4 aromatic rings. The van der Waals surface area contributed by atoms with E-state index in [2.05, 4.69) is 10.1 Å². The van der Waals surface area contributed by atoms with Gasteiger partial charge in [-0.3, -0.25) is 0 Å². The number of aromatic nitrogens is 3. The first-order chi connectivity index (χ1) is 13.6. The molecule has 2 heterocycles. The average Bonchev–Trinajstić information content (AvgIpc) is 2.98. The van der Waals surface area contributed by atoms with Crippen LogP contribution in [0.1, 0.15) is 11.3 Å². The fourth-order valence-electron chi connectivity index (χ4n) is 3.09. The Labute approximate surface area is 160 Å². The Balaban J connectivity index is 1.90. The van der Waals surface area contributed by atoms with Crippen molar-refractivity contribution >= 4 is 5.65 Å². The Morgan fingerprint density at radius 2 is 1.66 bits per heavy atom. The van der Waals surface area contributed by atoms with Crippen LogP contribution in [0.5, 0.6) is 5.88 Å². The largest absolute Gasteiger partial charge is 0.493 e. The van der Waals surface area contributed by atoms with E-state index in [0.29, 0.717) is 11.3 Å².